The number of hydrogen-bond acceptors (Lipinski definition) is 5. The molecule has 0 aliphatic carbocycles. The number of aromatic nitrogens is 2. The summed E-state index contributed by atoms with van der Waals surface area (Å²) in [4.78, 5) is 24.0. The van der Waals surface area contributed by atoms with Gasteiger partial charge in [-0.05, 0) is 42.5 Å². The molecule has 0 bridgehead atoms. The molecule has 174 valence electrons. The van der Waals surface area contributed by atoms with Crippen LogP contribution < -0.4 is 14.4 Å². The third kappa shape index (κ3) is 4.17. The first kappa shape index (κ1) is 21.8. The van der Waals surface area contributed by atoms with E-state index in [-0.39, 0.29) is 5.91 Å². The average Bonchev–Trinajstić information content (AvgIpc) is 3.32. The van der Waals surface area contributed by atoms with Crippen molar-refractivity contribution in [1.82, 2.24) is 14.9 Å². The topological polar surface area (TPSA) is 70.7 Å². The highest BCUT2D eigenvalue weighted by molar-refractivity contribution is 5.88. The van der Waals surface area contributed by atoms with Crippen LogP contribution >= 0.6 is 0 Å². The normalized spacial score (nSPS) is 13.9. The second kappa shape index (κ2) is 9.09. The van der Waals surface area contributed by atoms with Crippen LogP contribution in [0.4, 0.5) is 5.69 Å². The maximum Gasteiger partial charge on any atom is 0.219 e. The van der Waals surface area contributed by atoms with Crippen molar-refractivity contribution in [3.63, 3.8) is 0 Å². The predicted molar refractivity (Wildman–Crippen MR) is 135 cm³/mol. The lowest BCUT2D eigenvalue weighted by atomic mass is 10.1. The molecule has 0 unspecified atom stereocenters. The number of hydrogen-bond donors (Lipinski definition) is 1. The van der Waals surface area contributed by atoms with Crippen LogP contribution in [-0.4, -0.2) is 61.2 Å². The van der Waals surface area contributed by atoms with Crippen molar-refractivity contribution in [1.29, 1.82) is 0 Å². The molecule has 1 N–H and O–H groups in total. The zero-order chi connectivity index (χ0) is 23.7. The van der Waals surface area contributed by atoms with Crippen LogP contribution in [0.1, 0.15) is 6.92 Å². The van der Waals surface area contributed by atoms with Gasteiger partial charge in [-0.15, -0.1) is 0 Å². The zero-order valence-corrected chi connectivity index (χ0v) is 19.7. The molecular formula is C27H28N4O3. The van der Waals surface area contributed by atoms with E-state index in [1.807, 2.05) is 29.3 Å². The summed E-state index contributed by atoms with van der Waals surface area (Å²) in [7, 11) is 3.27. The molecule has 0 radical (unpaired) electrons. The van der Waals surface area contributed by atoms with E-state index in [1.54, 1.807) is 21.1 Å². The first-order chi connectivity index (χ1) is 16.6. The van der Waals surface area contributed by atoms with Gasteiger partial charge in [0.2, 0.25) is 5.91 Å². The van der Waals surface area contributed by atoms with Gasteiger partial charge in [-0.3, -0.25) is 9.78 Å². The van der Waals surface area contributed by atoms with Crippen LogP contribution in [0.5, 0.6) is 11.5 Å². The van der Waals surface area contributed by atoms with Crippen molar-refractivity contribution in [3.05, 3.63) is 60.8 Å². The summed E-state index contributed by atoms with van der Waals surface area (Å²) in [5.74, 6) is 1.55. The summed E-state index contributed by atoms with van der Waals surface area (Å²) in [5.41, 5.74) is 6.19. The summed E-state index contributed by atoms with van der Waals surface area (Å²) in [5, 5.41) is 1.05. The third-order valence-electron chi connectivity index (χ3n) is 6.45. The number of anilines is 1. The first-order valence-corrected chi connectivity index (χ1v) is 11.4. The van der Waals surface area contributed by atoms with Crippen molar-refractivity contribution in [2.75, 3.05) is 45.3 Å². The fourth-order valence-electron chi connectivity index (χ4n) is 4.47. The van der Waals surface area contributed by atoms with E-state index >= 15 is 0 Å². The minimum Gasteiger partial charge on any atom is -0.493 e. The van der Waals surface area contributed by atoms with Gasteiger partial charge in [0.15, 0.2) is 11.5 Å². The molecule has 0 spiro atoms. The molecule has 0 atom stereocenters. The van der Waals surface area contributed by atoms with Crippen LogP contribution in [0.2, 0.25) is 0 Å². The fraction of sp³-hybridized carbons (Fsp3) is 0.259. The van der Waals surface area contributed by atoms with Crippen molar-refractivity contribution in [2.24, 2.45) is 0 Å². The molecule has 3 heterocycles. The van der Waals surface area contributed by atoms with E-state index in [2.05, 4.69) is 46.3 Å². The van der Waals surface area contributed by atoms with Gasteiger partial charge in [0.25, 0.3) is 0 Å². The molecule has 7 nitrogen and oxygen atoms in total. The number of aromatic amines is 1. The van der Waals surface area contributed by atoms with Gasteiger partial charge in [0, 0.05) is 72.7 Å². The Morgan fingerprint density at radius 1 is 0.882 bits per heavy atom. The SMILES string of the molecule is COc1ccc(-c2cc3cnc(-c4ccc(N5CCN(C(C)=O)CC5)cc4)cc3[nH]2)cc1OC. The van der Waals surface area contributed by atoms with Crippen molar-refractivity contribution in [3.8, 4) is 34.0 Å². The van der Waals surface area contributed by atoms with Gasteiger partial charge in [-0.25, -0.2) is 0 Å². The van der Waals surface area contributed by atoms with Crippen LogP contribution in [-0.2, 0) is 4.79 Å². The van der Waals surface area contributed by atoms with E-state index in [0.29, 0.717) is 11.5 Å². The van der Waals surface area contributed by atoms with Gasteiger partial charge in [-0.1, -0.05) is 12.1 Å². The highest BCUT2D eigenvalue weighted by atomic mass is 16.5. The van der Waals surface area contributed by atoms with Gasteiger partial charge in [0.05, 0.1) is 19.9 Å². The van der Waals surface area contributed by atoms with Crippen LogP contribution in [0.25, 0.3) is 33.4 Å². The molecule has 1 aliphatic heterocycles. The lowest BCUT2D eigenvalue weighted by molar-refractivity contribution is -0.129. The number of carbonyl (C=O) groups is 1. The number of rotatable bonds is 5. The lowest BCUT2D eigenvalue weighted by Crippen LogP contribution is -2.48. The fourth-order valence-corrected chi connectivity index (χ4v) is 4.47. The van der Waals surface area contributed by atoms with Gasteiger partial charge in [-0.2, -0.15) is 0 Å². The number of benzene rings is 2. The average molecular weight is 457 g/mol. The van der Waals surface area contributed by atoms with Crippen LogP contribution in [0.15, 0.2) is 60.8 Å². The second-order valence-electron chi connectivity index (χ2n) is 8.45. The van der Waals surface area contributed by atoms with E-state index in [9.17, 15) is 4.79 Å². The van der Waals surface area contributed by atoms with Gasteiger partial charge in [0.1, 0.15) is 0 Å². The highest BCUT2D eigenvalue weighted by Gasteiger charge is 2.19. The van der Waals surface area contributed by atoms with Crippen molar-refractivity contribution < 1.29 is 14.3 Å². The number of methoxy groups -OCH3 is 2. The molecule has 0 saturated carbocycles. The first-order valence-electron chi connectivity index (χ1n) is 11.4. The summed E-state index contributed by atoms with van der Waals surface area (Å²) >= 11 is 0. The minimum atomic E-state index is 0.148. The number of carbonyl (C=O) groups excluding carboxylic acids is 1. The van der Waals surface area contributed by atoms with E-state index in [0.717, 1.165) is 59.6 Å². The number of H-pyrrole nitrogens is 1. The van der Waals surface area contributed by atoms with Crippen molar-refractivity contribution >= 4 is 22.5 Å². The number of pyridine rings is 1. The summed E-state index contributed by atoms with van der Waals surface area (Å²) < 4.78 is 10.8. The Balaban J connectivity index is 1.36. The largest absolute Gasteiger partial charge is 0.493 e. The highest BCUT2D eigenvalue weighted by Crippen LogP contribution is 2.34. The summed E-state index contributed by atoms with van der Waals surface area (Å²) in [6.45, 7) is 4.87. The summed E-state index contributed by atoms with van der Waals surface area (Å²) in [6, 6.07) is 18.5. The van der Waals surface area contributed by atoms with Crippen molar-refractivity contribution in [2.45, 2.75) is 6.92 Å². The van der Waals surface area contributed by atoms with E-state index in [1.165, 1.54) is 5.69 Å². The number of fused-ring (bicyclic) bond motifs is 1. The monoisotopic (exact) mass is 456 g/mol. The molecule has 1 fully saturated rings. The van der Waals surface area contributed by atoms with Gasteiger partial charge < -0.3 is 24.3 Å². The maximum absolute atomic E-state index is 11.6. The van der Waals surface area contributed by atoms with Crippen LogP contribution in [0.3, 0.4) is 0 Å². The molecule has 2 aromatic carbocycles. The number of nitrogens with zero attached hydrogens (tertiary/aromatic N) is 3. The quantitative estimate of drug-likeness (QED) is 0.476. The molecule has 1 aliphatic rings. The van der Waals surface area contributed by atoms with E-state index < -0.39 is 0 Å². The third-order valence-corrected chi connectivity index (χ3v) is 6.45. The summed E-state index contributed by atoms with van der Waals surface area (Å²) in [6.07, 6.45) is 1.90. The predicted octanol–water partition coefficient (Wildman–Crippen LogP) is 4.58. The lowest BCUT2D eigenvalue weighted by Gasteiger charge is -2.35. The Kier molecular flexibility index (Phi) is 5.84. The maximum atomic E-state index is 11.6. The Hall–Kier alpha value is -4.00. The Labute approximate surface area is 198 Å². The molecule has 34 heavy (non-hydrogen) atoms. The van der Waals surface area contributed by atoms with Gasteiger partial charge >= 0.3 is 0 Å². The molecular weight excluding hydrogens is 428 g/mol. The number of ether oxygens (including phenoxy) is 2. The number of piperazine rings is 1. The standard InChI is InChI=1S/C27H28N4O3/c1-18(32)30-10-12-31(13-11-30)22-7-4-19(5-8-22)23-16-25-21(17-28-23)14-24(29-25)20-6-9-26(33-2)27(15-20)34-3/h4-9,14-17,29H,10-13H2,1-3H3. The zero-order valence-electron chi connectivity index (χ0n) is 19.7. The second-order valence-corrected chi connectivity index (χ2v) is 8.45. The van der Waals surface area contributed by atoms with Crippen LogP contribution in [0, 0.1) is 0 Å². The molecule has 7 heteroatoms. The number of amides is 1. The number of nitrogens with one attached hydrogen (secondary N) is 1. The van der Waals surface area contributed by atoms with E-state index in [4.69, 9.17) is 14.5 Å². The molecule has 1 saturated heterocycles. The Morgan fingerprint density at radius 2 is 1.59 bits per heavy atom. The Morgan fingerprint density at radius 3 is 2.26 bits per heavy atom. The Bertz CT molecular complexity index is 1320. The molecule has 4 aromatic rings. The molecule has 2 aromatic heterocycles. The molecule has 5 rings (SSSR count). The minimum absolute atomic E-state index is 0.148. The molecule has 1 amide bonds. The smallest absolute Gasteiger partial charge is 0.219 e.